The van der Waals surface area contributed by atoms with Crippen LogP contribution in [0.25, 0.3) is 16.9 Å². The molecular weight excluding hydrogens is 315 g/mol. The largest absolute Gasteiger partial charge is 0.212 e. The van der Waals surface area contributed by atoms with Crippen molar-refractivity contribution in [2.24, 2.45) is 0 Å². The van der Waals surface area contributed by atoms with Gasteiger partial charge in [0.15, 0.2) is 0 Å². The third kappa shape index (κ3) is 2.69. The molecule has 0 bridgehead atoms. The summed E-state index contributed by atoms with van der Waals surface area (Å²) in [6.45, 7) is 0. The van der Waals surface area contributed by atoms with E-state index in [0.717, 1.165) is 18.2 Å². The minimum atomic E-state index is -0.733. The molecule has 3 aromatic rings. The highest BCUT2D eigenvalue weighted by Gasteiger charge is 2.16. The van der Waals surface area contributed by atoms with E-state index in [1.165, 1.54) is 28.9 Å². The molecule has 0 aliphatic carbocycles. The summed E-state index contributed by atoms with van der Waals surface area (Å²) in [7, 11) is 0. The van der Waals surface area contributed by atoms with Crippen molar-refractivity contribution in [2.75, 3.05) is 0 Å². The number of hydrogen-bond acceptors (Lipinski definition) is 2. The molecule has 0 fully saturated rings. The van der Waals surface area contributed by atoms with Crippen LogP contribution in [0.4, 0.5) is 13.2 Å². The Labute approximate surface area is 129 Å². The molecule has 3 nitrogen and oxygen atoms in total. The lowest BCUT2D eigenvalue weighted by Crippen LogP contribution is -2.01. The molecule has 0 spiro atoms. The number of aromatic nitrogens is 3. The first kappa shape index (κ1) is 14.6. The molecule has 112 valence electrons. The fourth-order valence-corrected chi connectivity index (χ4v) is 2.32. The van der Waals surface area contributed by atoms with Gasteiger partial charge in [0, 0.05) is 11.6 Å². The highest BCUT2D eigenvalue weighted by Crippen LogP contribution is 2.27. The van der Waals surface area contributed by atoms with Crippen molar-refractivity contribution in [3.63, 3.8) is 0 Å². The van der Waals surface area contributed by atoms with Gasteiger partial charge in [0.25, 0.3) is 0 Å². The van der Waals surface area contributed by atoms with E-state index < -0.39 is 17.5 Å². The van der Waals surface area contributed by atoms with Gasteiger partial charge in [-0.05, 0) is 36.4 Å². The Bertz CT molecular complexity index is 795. The Morgan fingerprint density at radius 3 is 2.14 bits per heavy atom. The van der Waals surface area contributed by atoms with Crippen molar-refractivity contribution in [3.05, 3.63) is 65.6 Å². The zero-order chi connectivity index (χ0) is 15.7. The van der Waals surface area contributed by atoms with Crippen molar-refractivity contribution in [2.45, 2.75) is 5.88 Å². The minimum Gasteiger partial charge on any atom is -0.212 e. The van der Waals surface area contributed by atoms with Crippen LogP contribution < -0.4 is 0 Å². The van der Waals surface area contributed by atoms with Gasteiger partial charge >= 0.3 is 0 Å². The van der Waals surface area contributed by atoms with E-state index in [4.69, 9.17) is 11.6 Å². The topological polar surface area (TPSA) is 30.7 Å². The van der Waals surface area contributed by atoms with Crippen LogP contribution >= 0.6 is 11.6 Å². The fourth-order valence-electron chi connectivity index (χ4n) is 2.14. The number of alkyl halides is 1. The van der Waals surface area contributed by atoms with Crippen LogP contribution in [0, 0.1) is 17.5 Å². The van der Waals surface area contributed by atoms with Crippen LogP contribution in [0.5, 0.6) is 0 Å². The summed E-state index contributed by atoms with van der Waals surface area (Å²) >= 11 is 5.84. The maximum Gasteiger partial charge on any atom is 0.128 e. The average Bonchev–Trinajstić information content (AvgIpc) is 2.91. The fraction of sp³-hybridized carbons (Fsp3) is 0.0667. The molecule has 7 heteroatoms. The van der Waals surface area contributed by atoms with Crippen LogP contribution in [-0.4, -0.2) is 15.0 Å². The highest BCUT2D eigenvalue weighted by molar-refractivity contribution is 6.17. The van der Waals surface area contributed by atoms with Crippen molar-refractivity contribution in [3.8, 4) is 16.9 Å². The molecule has 0 radical (unpaired) electrons. The molecule has 22 heavy (non-hydrogen) atoms. The third-order valence-corrected chi connectivity index (χ3v) is 3.33. The van der Waals surface area contributed by atoms with Crippen LogP contribution in [0.15, 0.2) is 42.5 Å². The minimum absolute atomic E-state index is 0.0600. The predicted molar refractivity (Wildman–Crippen MR) is 76.2 cm³/mol. The quantitative estimate of drug-likeness (QED) is 0.680. The molecule has 1 heterocycles. The normalized spacial score (nSPS) is 10.9. The van der Waals surface area contributed by atoms with Crippen LogP contribution in [0.1, 0.15) is 5.69 Å². The molecule has 1 aromatic heterocycles. The molecule has 0 unspecified atom stereocenters. The second-order valence-corrected chi connectivity index (χ2v) is 4.83. The average molecular weight is 324 g/mol. The molecule has 0 aliphatic heterocycles. The van der Waals surface area contributed by atoms with E-state index in [9.17, 15) is 13.2 Å². The summed E-state index contributed by atoms with van der Waals surface area (Å²) < 4.78 is 41.2. The Morgan fingerprint density at radius 2 is 1.55 bits per heavy atom. The van der Waals surface area contributed by atoms with Crippen LogP contribution in [-0.2, 0) is 5.88 Å². The molecule has 0 saturated heterocycles. The van der Waals surface area contributed by atoms with Gasteiger partial charge in [0.05, 0.1) is 17.3 Å². The Morgan fingerprint density at radius 1 is 0.909 bits per heavy atom. The Balaban J connectivity index is 2.20. The summed E-state index contributed by atoms with van der Waals surface area (Å²) in [5.41, 5.74) is 1.64. The first-order chi connectivity index (χ1) is 10.6. The maximum atomic E-state index is 13.4. The molecule has 2 aromatic carbocycles. The lowest BCUT2D eigenvalue weighted by molar-refractivity contribution is 0.579. The molecule has 0 atom stereocenters. The molecule has 0 amide bonds. The monoisotopic (exact) mass is 323 g/mol. The first-order valence-corrected chi connectivity index (χ1v) is 6.85. The second kappa shape index (κ2) is 5.81. The third-order valence-electron chi connectivity index (χ3n) is 3.08. The number of benzene rings is 2. The van der Waals surface area contributed by atoms with E-state index in [1.54, 1.807) is 0 Å². The second-order valence-electron chi connectivity index (χ2n) is 4.56. The van der Waals surface area contributed by atoms with E-state index in [1.807, 2.05) is 0 Å². The number of nitrogens with zero attached hydrogens (tertiary/aromatic N) is 3. The predicted octanol–water partition coefficient (Wildman–Crippen LogP) is 4.09. The van der Waals surface area contributed by atoms with Gasteiger partial charge in [-0.1, -0.05) is 5.21 Å². The van der Waals surface area contributed by atoms with Crippen molar-refractivity contribution in [1.29, 1.82) is 0 Å². The lowest BCUT2D eigenvalue weighted by atomic mass is 10.1. The number of rotatable bonds is 3. The van der Waals surface area contributed by atoms with Gasteiger partial charge in [-0.15, -0.1) is 16.7 Å². The molecule has 0 aliphatic rings. The summed E-state index contributed by atoms with van der Waals surface area (Å²) in [5, 5.41) is 7.80. The standard InChI is InChI=1S/C15H9ClF3N3/c16-8-14-15(9-1-3-10(17)4-2-9)22(21-20-14)13-6-11(18)5-12(19)7-13/h1-7H,8H2. The van der Waals surface area contributed by atoms with Gasteiger partial charge < -0.3 is 0 Å². The van der Waals surface area contributed by atoms with Gasteiger partial charge in [-0.3, -0.25) is 0 Å². The highest BCUT2D eigenvalue weighted by atomic mass is 35.5. The van der Waals surface area contributed by atoms with Crippen molar-refractivity contribution >= 4 is 11.6 Å². The van der Waals surface area contributed by atoms with Crippen molar-refractivity contribution < 1.29 is 13.2 Å². The Kier molecular flexibility index (Phi) is 3.85. The van der Waals surface area contributed by atoms with E-state index >= 15 is 0 Å². The summed E-state index contributed by atoms with van der Waals surface area (Å²) in [6, 6.07) is 8.62. The molecule has 0 saturated carbocycles. The van der Waals surface area contributed by atoms with E-state index in [0.29, 0.717) is 17.0 Å². The zero-order valence-electron chi connectivity index (χ0n) is 11.1. The Hall–Kier alpha value is -2.34. The first-order valence-electron chi connectivity index (χ1n) is 6.31. The molecule has 3 rings (SSSR count). The van der Waals surface area contributed by atoms with E-state index in [2.05, 4.69) is 10.3 Å². The number of hydrogen-bond donors (Lipinski definition) is 0. The maximum absolute atomic E-state index is 13.4. The number of halogens is 4. The summed E-state index contributed by atoms with van der Waals surface area (Å²) in [6.07, 6.45) is 0. The summed E-state index contributed by atoms with van der Waals surface area (Å²) in [5.74, 6) is -1.80. The summed E-state index contributed by atoms with van der Waals surface area (Å²) in [4.78, 5) is 0. The molecular formula is C15H9ClF3N3. The lowest BCUT2D eigenvalue weighted by Gasteiger charge is -2.08. The van der Waals surface area contributed by atoms with Crippen molar-refractivity contribution in [1.82, 2.24) is 15.0 Å². The van der Waals surface area contributed by atoms with Gasteiger partial charge in [-0.2, -0.15) is 0 Å². The molecule has 0 N–H and O–H groups in total. The van der Waals surface area contributed by atoms with Gasteiger partial charge in [0.1, 0.15) is 23.1 Å². The van der Waals surface area contributed by atoms with Gasteiger partial charge in [-0.25, -0.2) is 17.9 Å². The van der Waals surface area contributed by atoms with Crippen LogP contribution in [0.2, 0.25) is 0 Å². The zero-order valence-corrected chi connectivity index (χ0v) is 11.9. The van der Waals surface area contributed by atoms with Crippen LogP contribution in [0.3, 0.4) is 0 Å². The smallest absolute Gasteiger partial charge is 0.128 e. The van der Waals surface area contributed by atoms with E-state index in [-0.39, 0.29) is 11.6 Å². The SMILES string of the molecule is Fc1ccc(-c2c(CCl)nnn2-c2cc(F)cc(F)c2)cc1. The van der Waals surface area contributed by atoms with Gasteiger partial charge in [0.2, 0.25) is 0 Å².